The van der Waals surface area contributed by atoms with Gasteiger partial charge < -0.3 is 5.32 Å². The molecule has 3 nitrogen and oxygen atoms in total. The summed E-state index contributed by atoms with van der Waals surface area (Å²) in [6.45, 7) is 10.2. The normalized spacial score (nSPS) is 24.3. The predicted octanol–water partition coefficient (Wildman–Crippen LogP) is 2.89. The van der Waals surface area contributed by atoms with Gasteiger partial charge in [0.2, 0.25) is 0 Å². The fourth-order valence-corrected chi connectivity index (χ4v) is 3.54. The van der Waals surface area contributed by atoms with Crippen LogP contribution in [0.3, 0.4) is 0 Å². The summed E-state index contributed by atoms with van der Waals surface area (Å²) in [6.07, 6.45) is 5.66. The van der Waals surface area contributed by atoms with Crippen molar-refractivity contribution in [1.82, 2.24) is 15.2 Å². The Labute approximate surface area is 115 Å². The van der Waals surface area contributed by atoms with E-state index in [0.717, 1.165) is 19.6 Å². The molecular formula is C14H25N3S. The first-order valence-electron chi connectivity index (χ1n) is 7.10. The van der Waals surface area contributed by atoms with Crippen molar-refractivity contribution in [1.29, 1.82) is 0 Å². The van der Waals surface area contributed by atoms with Crippen LogP contribution in [0.25, 0.3) is 0 Å². The van der Waals surface area contributed by atoms with Gasteiger partial charge in [-0.25, -0.2) is 0 Å². The van der Waals surface area contributed by atoms with Gasteiger partial charge in [0.1, 0.15) is 0 Å². The van der Waals surface area contributed by atoms with Crippen molar-refractivity contribution in [2.75, 3.05) is 13.1 Å². The Balaban J connectivity index is 2.13. The lowest BCUT2D eigenvalue weighted by molar-refractivity contribution is 0.0246. The second-order valence-corrected chi connectivity index (χ2v) is 6.24. The average molecular weight is 267 g/mol. The molecule has 0 amide bonds. The minimum absolute atomic E-state index is 0.329. The molecule has 0 spiro atoms. The fourth-order valence-electron chi connectivity index (χ4n) is 2.93. The van der Waals surface area contributed by atoms with Crippen LogP contribution >= 0.6 is 11.3 Å². The summed E-state index contributed by atoms with van der Waals surface area (Å²) in [5.41, 5.74) is 2.27. The molecule has 0 aromatic carbocycles. The zero-order chi connectivity index (χ0) is 13.0. The van der Waals surface area contributed by atoms with Crippen LogP contribution in [-0.4, -0.2) is 34.6 Å². The van der Waals surface area contributed by atoms with Gasteiger partial charge in [-0.1, -0.05) is 20.8 Å². The fraction of sp³-hybridized carbons (Fsp3) is 0.786. The molecular weight excluding hydrogens is 242 g/mol. The molecule has 1 N–H and O–H groups in total. The maximum atomic E-state index is 4.20. The van der Waals surface area contributed by atoms with Crippen molar-refractivity contribution in [2.24, 2.45) is 0 Å². The third-order valence-electron chi connectivity index (χ3n) is 4.47. The number of hydrogen-bond donors (Lipinski definition) is 1. The van der Waals surface area contributed by atoms with E-state index in [-0.39, 0.29) is 0 Å². The molecule has 0 saturated carbocycles. The maximum Gasteiger partial charge on any atom is 0.0794 e. The van der Waals surface area contributed by atoms with Crippen molar-refractivity contribution in [3.63, 3.8) is 0 Å². The molecule has 18 heavy (non-hydrogen) atoms. The number of rotatable bonds is 5. The van der Waals surface area contributed by atoms with Crippen LogP contribution in [0, 0.1) is 0 Å². The summed E-state index contributed by atoms with van der Waals surface area (Å²) in [5, 5.41) is 3.72. The molecule has 2 heterocycles. The van der Waals surface area contributed by atoms with Gasteiger partial charge in [0.15, 0.2) is 0 Å². The number of aromatic nitrogens is 1. The molecule has 102 valence electrons. The van der Waals surface area contributed by atoms with E-state index in [9.17, 15) is 0 Å². The van der Waals surface area contributed by atoms with E-state index in [1.54, 1.807) is 11.3 Å². The lowest BCUT2D eigenvalue weighted by Crippen LogP contribution is -2.63. The van der Waals surface area contributed by atoms with E-state index in [0.29, 0.717) is 11.6 Å². The minimum atomic E-state index is 0.329. The lowest BCUT2D eigenvalue weighted by Gasteiger charge is -2.49. The minimum Gasteiger partial charge on any atom is -0.311 e. The van der Waals surface area contributed by atoms with Crippen LogP contribution in [0.4, 0.5) is 0 Å². The van der Waals surface area contributed by atoms with E-state index >= 15 is 0 Å². The summed E-state index contributed by atoms with van der Waals surface area (Å²) in [5.74, 6) is 0. The van der Waals surface area contributed by atoms with Crippen LogP contribution < -0.4 is 5.32 Å². The Hall–Kier alpha value is -0.450. The van der Waals surface area contributed by atoms with Gasteiger partial charge in [-0.15, -0.1) is 11.3 Å². The van der Waals surface area contributed by atoms with E-state index in [2.05, 4.69) is 36.0 Å². The standard InChI is InChI=1S/C14H25N3S/c1-4-12-8-17(9-13-7-15-11-18-13)14(5-2,6-3)10-16-12/h7,11-12,16H,4-6,8-10H2,1-3H3. The van der Waals surface area contributed by atoms with Crippen molar-refractivity contribution < 1.29 is 0 Å². The zero-order valence-electron chi connectivity index (χ0n) is 11.8. The third-order valence-corrected chi connectivity index (χ3v) is 5.23. The molecule has 1 unspecified atom stereocenters. The predicted molar refractivity (Wildman–Crippen MR) is 77.9 cm³/mol. The van der Waals surface area contributed by atoms with Crippen molar-refractivity contribution >= 4 is 11.3 Å². The second-order valence-electron chi connectivity index (χ2n) is 5.27. The van der Waals surface area contributed by atoms with Gasteiger partial charge in [-0.3, -0.25) is 9.88 Å². The summed E-state index contributed by atoms with van der Waals surface area (Å²) in [4.78, 5) is 8.28. The van der Waals surface area contributed by atoms with E-state index in [1.165, 1.54) is 24.1 Å². The van der Waals surface area contributed by atoms with E-state index < -0.39 is 0 Å². The van der Waals surface area contributed by atoms with Crippen LogP contribution in [0.1, 0.15) is 44.9 Å². The van der Waals surface area contributed by atoms with Crippen molar-refractivity contribution in [3.05, 3.63) is 16.6 Å². The van der Waals surface area contributed by atoms with Gasteiger partial charge in [-0.05, 0) is 19.3 Å². The topological polar surface area (TPSA) is 28.2 Å². The van der Waals surface area contributed by atoms with Gasteiger partial charge in [0.25, 0.3) is 0 Å². The molecule has 1 aromatic heterocycles. The molecule has 0 aliphatic carbocycles. The molecule has 0 bridgehead atoms. The largest absolute Gasteiger partial charge is 0.311 e. The average Bonchev–Trinajstić information content (AvgIpc) is 2.92. The number of piperazine rings is 1. The molecule has 1 aliphatic rings. The molecule has 1 saturated heterocycles. The van der Waals surface area contributed by atoms with Gasteiger partial charge in [0, 0.05) is 42.3 Å². The number of thiazole rings is 1. The summed E-state index contributed by atoms with van der Waals surface area (Å²) in [7, 11) is 0. The van der Waals surface area contributed by atoms with Gasteiger partial charge >= 0.3 is 0 Å². The molecule has 4 heteroatoms. The Bertz CT molecular complexity index is 346. The Morgan fingerprint density at radius 3 is 2.78 bits per heavy atom. The number of nitrogens with zero attached hydrogens (tertiary/aromatic N) is 2. The van der Waals surface area contributed by atoms with Gasteiger partial charge in [0.05, 0.1) is 5.51 Å². The van der Waals surface area contributed by atoms with Crippen molar-refractivity contribution in [3.8, 4) is 0 Å². The second kappa shape index (κ2) is 6.13. The molecule has 1 aromatic rings. The molecule has 0 radical (unpaired) electrons. The summed E-state index contributed by atoms with van der Waals surface area (Å²) in [6, 6.07) is 0.643. The maximum absolute atomic E-state index is 4.20. The highest BCUT2D eigenvalue weighted by atomic mass is 32.1. The molecule has 1 fully saturated rings. The number of nitrogens with one attached hydrogen (secondary N) is 1. The first-order chi connectivity index (χ1) is 8.74. The number of hydrogen-bond acceptors (Lipinski definition) is 4. The van der Waals surface area contributed by atoms with Gasteiger partial charge in [-0.2, -0.15) is 0 Å². The first-order valence-corrected chi connectivity index (χ1v) is 7.97. The Kier molecular flexibility index (Phi) is 4.76. The van der Waals surface area contributed by atoms with E-state index in [1.807, 2.05) is 11.7 Å². The van der Waals surface area contributed by atoms with Crippen molar-refractivity contribution in [2.45, 2.75) is 58.2 Å². The van der Waals surface area contributed by atoms with Crippen LogP contribution in [0.2, 0.25) is 0 Å². The highest BCUT2D eigenvalue weighted by Gasteiger charge is 2.38. The lowest BCUT2D eigenvalue weighted by atomic mass is 9.87. The summed E-state index contributed by atoms with van der Waals surface area (Å²) < 4.78 is 0. The van der Waals surface area contributed by atoms with Crippen LogP contribution in [0.5, 0.6) is 0 Å². The first kappa shape index (κ1) is 14.0. The molecule has 1 aliphatic heterocycles. The Morgan fingerprint density at radius 1 is 1.44 bits per heavy atom. The molecule has 2 rings (SSSR count). The highest BCUT2D eigenvalue weighted by molar-refractivity contribution is 7.09. The zero-order valence-corrected chi connectivity index (χ0v) is 12.6. The SMILES string of the molecule is CCC1CN(Cc2cncs2)C(CC)(CC)CN1. The van der Waals surface area contributed by atoms with Crippen LogP contribution in [0.15, 0.2) is 11.7 Å². The smallest absolute Gasteiger partial charge is 0.0794 e. The molecule has 1 atom stereocenters. The Morgan fingerprint density at radius 2 is 2.22 bits per heavy atom. The monoisotopic (exact) mass is 267 g/mol. The third kappa shape index (κ3) is 2.76. The summed E-state index contributed by atoms with van der Waals surface area (Å²) >= 11 is 1.77. The highest BCUT2D eigenvalue weighted by Crippen LogP contribution is 2.29. The quantitative estimate of drug-likeness (QED) is 0.889. The van der Waals surface area contributed by atoms with Crippen LogP contribution in [-0.2, 0) is 6.54 Å². The van der Waals surface area contributed by atoms with E-state index in [4.69, 9.17) is 0 Å².